The molecule has 1 aromatic carbocycles. The van der Waals surface area contributed by atoms with Gasteiger partial charge in [-0.2, -0.15) is 0 Å². The van der Waals surface area contributed by atoms with E-state index in [1.165, 1.54) is 12.1 Å². The molecule has 106 valence electrons. The Morgan fingerprint density at radius 2 is 2.16 bits per heavy atom. The van der Waals surface area contributed by atoms with E-state index in [0.717, 1.165) is 12.0 Å². The van der Waals surface area contributed by atoms with E-state index in [2.05, 4.69) is 12.2 Å². The monoisotopic (exact) mass is 268 g/mol. The Morgan fingerprint density at radius 3 is 2.68 bits per heavy atom. The normalized spacial score (nSPS) is 12.2. The van der Waals surface area contributed by atoms with Gasteiger partial charge in [-0.15, -0.1) is 0 Å². The van der Waals surface area contributed by atoms with E-state index in [4.69, 9.17) is 9.47 Å². The van der Waals surface area contributed by atoms with Crippen LogP contribution in [-0.2, 0) is 11.3 Å². The van der Waals surface area contributed by atoms with Gasteiger partial charge < -0.3 is 14.8 Å². The van der Waals surface area contributed by atoms with E-state index in [9.17, 15) is 10.1 Å². The predicted octanol–water partition coefficient (Wildman–Crippen LogP) is 2.12. The zero-order valence-electron chi connectivity index (χ0n) is 11.5. The number of nitrogens with zero attached hydrogens (tertiary/aromatic N) is 1. The van der Waals surface area contributed by atoms with Crippen molar-refractivity contribution in [3.05, 3.63) is 33.9 Å². The minimum Gasteiger partial charge on any atom is -0.496 e. The fourth-order valence-corrected chi connectivity index (χ4v) is 1.79. The summed E-state index contributed by atoms with van der Waals surface area (Å²) in [4.78, 5) is 10.4. The predicted molar refractivity (Wildman–Crippen MR) is 72.4 cm³/mol. The molecule has 0 amide bonds. The summed E-state index contributed by atoms with van der Waals surface area (Å²) in [6, 6.07) is 4.81. The minimum absolute atomic E-state index is 0.0670. The van der Waals surface area contributed by atoms with E-state index >= 15 is 0 Å². The van der Waals surface area contributed by atoms with Gasteiger partial charge in [0.1, 0.15) is 5.75 Å². The molecule has 0 aliphatic heterocycles. The molecule has 0 heterocycles. The van der Waals surface area contributed by atoms with Crippen LogP contribution >= 0.6 is 0 Å². The van der Waals surface area contributed by atoms with Crippen LogP contribution in [0, 0.1) is 10.1 Å². The van der Waals surface area contributed by atoms with Crippen molar-refractivity contribution < 1.29 is 14.4 Å². The Kier molecular flexibility index (Phi) is 6.24. The molecule has 0 saturated heterocycles. The molecular formula is C13H20N2O4. The van der Waals surface area contributed by atoms with Gasteiger partial charge in [0.2, 0.25) is 0 Å². The molecule has 0 aromatic heterocycles. The SMILES string of the molecule is CCC(COC)NCc1cc([N+](=O)[O-])ccc1OC. The maximum Gasteiger partial charge on any atom is 0.270 e. The molecule has 6 nitrogen and oxygen atoms in total. The van der Waals surface area contributed by atoms with Gasteiger partial charge in [0.05, 0.1) is 18.6 Å². The summed E-state index contributed by atoms with van der Waals surface area (Å²) >= 11 is 0. The van der Waals surface area contributed by atoms with Crippen LogP contribution < -0.4 is 10.1 Å². The highest BCUT2D eigenvalue weighted by atomic mass is 16.6. The Bertz CT molecular complexity index is 423. The highest BCUT2D eigenvalue weighted by Gasteiger charge is 2.12. The molecule has 1 atom stereocenters. The average Bonchev–Trinajstić information content (AvgIpc) is 2.42. The van der Waals surface area contributed by atoms with Crippen LogP contribution in [0.25, 0.3) is 0 Å². The highest BCUT2D eigenvalue weighted by molar-refractivity contribution is 5.43. The Hall–Kier alpha value is -1.66. The van der Waals surface area contributed by atoms with Gasteiger partial charge in [0, 0.05) is 37.4 Å². The zero-order valence-corrected chi connectivity index (χ0v) is 11.5. The van der Waals surface area contributed by atoms with Crippen molar-refractivity contribution in [2.45, 2.75) is 25.9 Å². The second-order valence-corrected chi connectivity index (χ2v) is 4.19. The summed E-state index contributed by atoms with van der Waals surface area (Å²) in [5, 5.41) is 14.1. The van der Waals surface area contributed by atoms with Crippen molar-refractivity contribution in [2.24, 2.45) is 0 Å². The van der Waals surface area contributed by atoms with E-state index in [-0.39, 0.29) is 11.7 Å². The lowest BCUT2D eigenvalue weighted by atomic mass is 10.1. The molecule has 1 unspecified atom stereocenters. The van der Waals surface area contributed by atoms with Crippen molar-refractivity contribution in [1.82, 2.24) is 5.32 Å². The molecule has 19 heavy (non-hydrogen) atoms. The van der Waals surface area contributed by atoms with Gasteiger partial charge in [0.25, 0.3) is 5.69 Å². The van der Waals surface area contributed by atoms with Gasteiger partial charge in [0.15, 0.2) is 0 Å². The molecule has 0 bridgehead atoms. The molecular weight excluding hydrogens is 248 g/mol. The van der Waals surface area contributed by atoms with Crippen LogP contribution in [0.5, 0.6) is 5.75 Å². The number of methoxy groups -OCH3 is 2. The van der Waals surface area contributed by atoms with Crippen LogP contribution in [0.1, 0.15) is 18.9 Å². The van der Waals surface area contributed by atoms with Gasteiger partial charge in [-0.1, -0.05) is 6.92 Å². The third kappa shape index (κ3) is 4.50. The molecule has 1 rings (SSSR count). The topological polar surface area (TPSA) is 73.6 Å². The standard InChI is InChI=1S/C13H20N2O4/c1-4-11(9-18-2)14-8-10-7-12(15(16)17)5-6-13(10)19-3/h5-7,11,14H,4,8-9H2,1-3H3. The number of non-ortho nitro benzene ring substituents is 1. The van der Waals surface area contributed by atoms with Crippen molar-refractivity contribution >= 4 is 5.69 Å². The summed E-state index contributed by atoms with van der Waals surface area (Å²) in [5.74, 6) is 0.644. The molecule has 0 aliphatic rings. The van der Waals surface area contributed by atoms with E-state index in [0.29, 0.717) is 18.9 Å². The first-order valence-electron chi connectivity index (χ1n) is 6.16. The Morgan fingerprint density at radius 1 is 1.42 bits per heavy atom. The summed E-state index contributed by atoms with van der Waals surface area (Å²) in [6.07, 6.45) is 0.922. The number of ether oxygens (including phenoxy) is 2. The first-order chi connectivity index (χ1) is 9.12. The number of hydrogen-bond donors (Lipinski definition) is 1. The maximum atomic E-state index is 10.8. The molecule has 0 saturated carbocycles. The second kappa shape index (κ2) is 7.70. The van der Waals surface area contributed by atoms with Gasteiger partial charge >= 0.3 is 0 Å². The number of hydrogen-bond acceptors (Lipinski definition) is 5. The molecule has 0 aliphatic carbocycles. The first-order valence-corrected chi connectivity index (χ1v) is 6.16. The van der Waals surface area contributed by atoms with Gasteiger partial charge in [-0.3, -0.25) is 10.1 Å². The summed E-state index contributed by atoms with van der Waals surface area (Å²) in [6.45, 7) is 3.17. The fourth-order valence-electron chi connectivity index (χ4n) is 1.79. The number of rotatable bonds is 8. The van der Waals surface area contributed by atoms with E-state index in [1.54, 1.807) is 20.3 Å². The number of nitro benzene ring substituents is 1. The Labute approximate surface area is 112 Å². The lowest BCUT2D eigenvalue weighted by Gasteiger charge is -2.17. The smallest absolute Gasteiger partial charge is 0.270 e. The van der Waals surface area contributed by atoms with Gasteiger partial charge in [-0.05, 0) is 12.5 Å². The lowest BCUT2D eigenvalue weighted by molar-refractivity contribution is -0.384. The van der Waals surface area contributed by atoms with Crippen LogP contribution in [0.2, 0.25) is 0 Å². The average molecular weight is 268 g/mol. The van der Waals surface area contributed by atoms with E-state index in [1.807, 2.05) is 0 Å². The quantitative estimate of drug-likeness (QED) is 0.577. The van der Waals surface area contributed by atoms with Crippen molar-refractivity contribution in [1.29, 1.82) is 0 Å². The minimum atomic E-state index is -0.407. The van der Waals surface area contributed by atoms with E-state index < -0.39 is 4.92 Å². The Balaban J connectivity index is 2.79. The highest BCUT2D eigenvalue weighted by Crippen LogP contribution is 2.23. The summed E-state index contributed by atoms with van der Waals surface area (Å²) in [7, 11) is 3.20. The molecule has 0 fully saturated rings. The molecule has 1 aromatic rings. The molecule has 6 heteroatoms. The maximum absolute atomic E-state index is 10.8. The summed E-state index contributed by atoms with van der Waals surface area (Å²) < 4.78 is 10.3. The van der Waals surface area contributed by atoms with Crippen molar-refractivity contribution in [2.75, 3.05) is 20.8 Å². The zero-order chi connectivity index (χ0) is 14.3. The van der Waals surface area contributed by atoms with Crippen molar-refractivity contribution in [3.8, 4) is 5.75 Å². The molecule has 0 radical (unpaired) electrons. The first kappa shape index (κ1) is 15.4. The third-order valence-corrected chi connectivity index (χ3v) is 2.92. The largest absolute Gasteiger partial charge is 0.496 e. The van der Waals surface area contributed by atoms with Crippen LogP contribution in [0.4, 0.5) is 5.69 Å². The number of nitro groups is 1. The van der Waals surface area contributed by atoms with Crippen LogP contribution in [0.15, 0.2) is 18.2 Å². The van der Waals surface area contributed by atoms with Crippen LogP contribution in [0.3, 0.4) is 0 Å². The lowest BCUT2D eigenvalue weighted by Crippen LogP contribution is -2.32. The molecule has 0 spiro atoms. The fraction of sp³-hybridized carbons (Fsp3) is 0.538. The molecule has 1 N–H and O–H groups in total. The van der Waals surface area contributed by atoms with Crippen LogP contribution in [-0.4, -0.2) is 31.8 Å². The number of benzene rings is 1. The van der Waals surface area contributed by atoms with Crippen molar-refractivity contribution in [3.63, 3.8) is 0 Å². The summed E-state index contributed by atoms with van der Waals surface area (Å²) in [5.41, 5.74) is 0.837. The number of nitrogens with one attached hydrogen (secondary N) is 1. The van der Waals surface area contributed by atoms with Gasteiger partial charge in [-0.25, -0.2) is 0 Å². The third-order valence-electron chi connectivity index (χ3n) is 2.92. The second-order valence-electron chi connectivity index (χ2n) is 4.19.